The maximum atomic E-state index is 11.8. The number of amides is 1. The highest BCUT2D eigenvalue weighted by molar-refractivity contribution is 7.46. The zero-order valence-electron chi connectivity index (χ0n) is 13.1. The fourth-order valence-electron chi connectivity index (χ4n) is 2.05. The predicted molar refractivity (Wildman–Crippen MR) is 82.9 cm³/mol. The molecule has 126 valence electrons. The molecule has 9 nitrogen and oxygen atoms in total. The number of hydrogen-bond acceptors (Lipinski definition) is 5. The Hall–Kier alpha value is -1.80. The number of hydrogen-bond donors (Lipinski definition) is 3. The molecular weight excluding hydrogens is 323 g/mol. The van der Waals surface area contributed by atoms with E-state index in [1.165, 1.54) is 6.33 Å². The summed E-state index contributed by atoms with van der Waals surface area (Å²) in [4.78, 5) is 33.0. The van der Waals surface area contributed by atoms with E-state index in [1.54, 1.807) is 4.52 Å². The van der Waals surface area contributed by atoms with Gasteiger partial charge in [-0.05, 0) is 12.1 Å². The number of nitrogens with one attached hydrogen (secondary N) is 1. The van der Waals surface area contributed by atoms with Crippen molar-refractivity contribution >= 4 is 25.1 Å². The van der Waals surface area contributed by atoms with Crippen molar-refractivity contribution in [3.8, 4) is 0 Å². The summed E-state index contributed by atoms with van der Waals surface area (Å²) in [7, 11) is -4.57. The van der Waals surface area contributed by atoms with Crippen LogP contribution in [0.2, 0.25) is 0 Å². The van der Waals surface area contributed by atoms with Gasteiger partial charge in [-0.3, -0.25) is 9.32 Å². The van der Waals surface area contributed by atoms with E-state index < -0.39 is 13.7 Å². The Labute approximate surface area is 132 Å². The number of carbonyl (C=O) groups is 1. The van der Waals surface area contributed by atoms with Gasteiger partial charge in [0.25, 0.3) is 0 Å². The molecule has 2 rings (SSSR count). The first-order valence-electron chi connectivity index (χ1n) is 6.91. The van der Waals surface area contributed by atoms with Gasteiger partial charge in [-0.15, -0.1) is 0 Å². The minimum atomic E-state index is -4.57. The van der Waals surface area contributed by atoms with Crippen LogP contribution in [0.15, 0.2) is 18.5 Å². The van der Waals surface area contributed by atoms with Crippen LogP contribution in [0.25, 0.3) is 5.52 Å². The van der Waals surface area contributed by atoms with Crippen molar-refractivity contribution in [3.05, 3.63) is 24.2 Å². The van der Waals surface area contributed by atoms with Gasteiger partial charge >= 0.3 is 7.82 Å². The fraction of sp³-hybridized carbons (Fsp3) is 0.462. The molecule has 0 aliphatic heterocycles. The summed E-state index contributed by atoms with van der Waals surface area (Å²) < 4.78 is 16.5. The number of phosphoric ester groups is 1. The normalized spacial score (nSPS) is 12.6. The third-order valence-electron chi connectivity index (χ3n) is 3.07. The maximum absolute atomic E-state index is 11.8. The number of rotatable bonds is 5. The molecule has 0 radical (unpaired) electrons. The zero-order chi connectivity index (χ0) is 17.3. The highest BCUT2D eigenvalue weighted by Crippen LogP contribution is 2.35. The quantitative estimate of drug-likeness (QED) is 0.702. The van der Waals surface area contributed by atoms with Crippen molar-refractivity contribution in [1.29, 1.82) is 0 Å². The van der Waals surface area contributed by atoms with Crippen LogP contribution in [-0.4, -0.2) is 36.9 Å². The first-order chi connectivity index (χ1) is 10.6. The highest BCUT2D eigenvalue weighted by Gasteiger charge is 2.20. The maximum Gasteiger partial charge on any atom is 0.469 e. The molecule has 23 heavy (non-hydrogen) atoms. The minimum Gasteiger partial charge on any atom is -0.309 e. The van der Waals surface area contributed by atoms with Crippen molar-refractivity contribution in [1.82, 2.24) is 14.6 Å². The molecule has 0 unspecified atom stereocenters. The van der Waals surface area contributed by atoms with E-state index in [4.69, 9.17) is 9.79 Å². The second-order valence-electron chi connectivity index (χ2n) is 6.00. The third-order valence-corrected chi connectivity index (χ3v) is 3.59. The highest BCUT2D eigenvalue weighted by atomic mass is 31.2. The summed E-state index contributed by atoms with van der Waals surface area (Å²) in [6.07, 6.45) is 1.14. The predicted octanol–water partition coefficient (Wildman–Crippen LogP) is 1.46. The molecule has 10 heteroatoms. The summed E-state index contributed by atoms with van der Waals surface area (Å²) >= 11 is 0. The van der Waals surface area contributed by atoms with Gasteiger partial charge in [-0.1, -0.05) is 20.8 Å². The number of aromatic nitrogens is 3. The first kappa shape index (κ1) is 17.6. The Balaban J connectivity index is 2.13. The Morgan fingerprint density at radius 3 is 2.70 bits per heavy atom. The lowest BCUT2D eigenvalue weighted by Crippen LogP contribution is -2.18. The van der Waals surface area contributed by atoms with Gasteiger partial charge in [-0.2, -0.15) is 5.10 Å². The molecule has 0 saturated carbocycles. The monoisotopic (exact) mass is 342 g/mol. The van der Waals surface area contributed by atoms with Crippen molar-refractivity contribution in [2.75, 3.05) is 11.9 Å². The fourth-order valence-corrected chi connectivity index (χ4v) is 2.38. The lowest BCUT2D eigenvalue weighted by Gasteiger charge is -2.18. The molecule has 1 amide bonds. The molecule has 0 aliphatic rings. The van der Waals surface area contributed by atoms with E-state index in [2.05, 4.69) is 40.7 Å². The molecule has 3 N–H and O–H groups in total. The molecule has 0 spiro atoms. The lowest BCUT2D eigenvalue weighted by atomic mass is 9.93. The van der Waals surface area contributed by atoms with Gasteiger partial charge < -0.3 is 15.1 Å². The summed E-state index contributed by atoms with van der Waals surface area (Å²) in [5.41, 5.74) is 1.48. The van der Waals surface area contributed by atoms with Crippen LogP contribution in [0.5, 0.6) is 0 Å². The number of phosphoric acid groups is 1. The Morgan fingerprint density at radius 2 is 2.09 bits per heavy atom. The van der Waals surface area contributed by atoms with Crippen molar-refractivity contribution in [2.24, 2.45) is 0 Å². The second kappa shape index (κ2) is 6.37. The van der Waals surface area contributed by atoms with Gasteiger partial charge in [0.2, 0.25) is 5.91 Å². The van der Waals surface area contributed by atoms with Gasteiger partial charge in [-0.25, -0.2) is 14.1 Å². The lowest BCUT2D eigenvalue weighted by molar-refractivity contribution is -0.116. The minimum absolute atomic E-state index is 0.126. The first-order valence-corrected chi connectivity index (χ1v) is 8.44. The van der Waals surface area contributed by atoms with Crippen LogP contribution in [0.1, 0.15) is 32.9 Å². The van der Waals surface area contributed by atoms with E-state index in [1.807, 2.05) is 12.1 Å². The molecule has 0 bridgehead atoms. The van der Waals surface area contributed by atoms with Crippen LogP contribution in [-0.2, 0) is 19.3 Å². The molecule has 2 aromatic heterocycles. The molecule has 2 aromatic rings. The van der Waals surface area contributed by atoms with E-state index in [9.17, 15) is 9.36 Å². The van der Waals surface area contributed by atoms with E-state index in [-0.39, 0.29) is 18.4 Å². The van der Waals surface area contributed by atoms with E-state index in [0.29, 0.717) is 11.3 Å². The Bertz CT molecular complexity index is 761. The summed E-state index contributed by atoms with van der Waals surface area (Å²) in [5, 5.41) is 6.79. The van der Waals surface area contributed by atoms with Gasteiger partial charge in [0, 0.05) is 11.1 Å². The van der Waals surface area contributed by atoms with Crippen LogP contribution in [0, 0.1) is 0 Å². The van der Waals surface area contributed by atoms with Crippen molar-refractivity contribution in [3.63, 3.8) is 0 Å². The SMILES string of the molecule is CC(C)(C)c1ccc2c(NC(=O)CCOP(=O)(O)O)ncnn12. The summed E-state index contributed by atoms with van der Waals surface area (Å²) in [6.45, 7) is 5.77. The van der Waals surface area contributed by atoms with Crippen LogP contribution >= 0.6 is 7.82 Å². The molecule has 0 aliphatic carbocycles. The Morgan fingerprint density at radius 1 is 1.39 bits per heavy atom. The van der Waals surface area contributed by atoms with Crippen LogP contribution in [0.4, 0.5) is 5.82 Å². The zero-order valence-corrected chi connectivity index (χ0v) is 13.9. The summed E-state index contributed by atoms with van der Waals surface area (Å²) in [5.74, 6) is -0.130. The van der Waals surface area contributed by atoms with Crippen molar-refractivity contribution in [2.45, 2.75) is 32.6 Å². The topological polar surface area (TPSA) is 126 Å². The van der Waals surface area contributed by atoms with Crippen LogP contribution < -0.4 is 5.32 Å². The van der Waals surface area contributed by atoms with E-state index >= 15 is 0 Å². The Kier molecular flexibility index (Phi) is 4.86. The molecule has 0 atom stereocenters. The average molecular weight is 342 g/mol. The second-order valence-corrected chi connectivity index (χ2v) is 7.24. The molecule has 0 fully saturated rings. The van der Waals surface area contributed by atoms with E-state index in [0.717, 1.165) is 5.69 Å². The number of nitrogens with zero attached hydrogens (tertiary/aromatic N) is 3. The number of fused-ring (bicyclic) bond motifs is 1. The molecule has 0 aromatic carbocycles. The van der Waals surface area contributed by atoms with Crippen molar-refractivity contribution < 1.29 is 23.7 Å². The smallest absolute Gasteiger partial charge is 0.309 e. The van der Waals surface area contributed by atoms with Gasteiger partial charge in [0.05, 0.1) is 13.0 Å². The van der Waals surface area contributed by atoms with Gasteiger partial charge in [0.15, 0.2) is 5.82 Å². The molecule has 2 heterocycles. The number of anilines is 1. The average Bonchev–Trinajstić information content (AvgIpc) is 2.81. The largest absolute Gasteiger partial charge is 0.469 e. The van der Waals surface area contributed by atoms with Gasteiger partial charge in [0.1, 0.15) is 11.8 Å². The molecular formula is C13H19N4O5P. The van der Waals surface area contributed by atoms with Crippen LogP contribution in [0.3, 0.4) is 0 Å². The third kappa shape index (κ3) is 4.59. The number of carbonyl (C=O) groups excluding carboxylic acids is 1. The summed E-state index contributed by atoms with van der Waals surface area (Å²) in [6, 6.07) is 3.72. The standard InChI is InChI=1S/C13H19N4O5P/c1-13(2,3)10-5-4-9-12(14-8-15-17(9)10)16-11(18)6-7-22-23(19,20)21/h4-5,8H,6-7H2,1-3H3,(H2,19,20,21)(H,14,15,16,18). The molecule has 0 saturated heterocycles.